The molecule has 5 aromatic rings. The summed E-state index contributed by atoms with van der Waals surface area (Å²) in [7, 11) is 0. The van der Waals surface area contributed by atoms with Crippen molar-refractivity contribution in [1.29, 1.82) is 0 Å². The molecule has 17 N–H and O–H groups in total. The number of carbonyl (C=O) groups is 10. The number of aromatic nitrogens is 3. The molecular formula is C56H72F3N15O11. The Morgan fingerprint density at radius 2 is 1.39 bits per heavy atom. The summed E-state index contributed by atoms with van der Waals surface area (Å²) >= 11 is 0. The molecule has 2 aromatic heterocycles. The monoisotopic (exact) mass is 1190 g/mol. The zero-order valence-electron chi connectivity index (χ0n) is 46.8. The molecule has 0 radical (unpaired) electrons. The summed E-state index contributed by atoms with van der Waals surface area (Å²) in [4.78, 5) is 149. The van der Waals surface area contributed by atoms with Gasteiger partial charge in [-0.3, -0.25) is 48.1 Å². The van der Waals surface area contributed by atoms with Gasteiger partial charge >= 0.3 is 12.1 Å². The molecule has 0 aliphatic carbocycles. The second-order valence-electron chi connectivity index (χ2n) is 20.2. The van der Waals surface area contributed by atoms with Gasteiger partial charge in [-0.15, -0.1) is 0 Å². The van der Waals surface area contributed by atoms with Gasteiger partial charge in [-0.05, 0) is 66.5 Å². The van der Waals surface area contributed by atoms with Crippen LogP contribution < -0.4 is 59.7 Å². The average Bonchev–Trinajstić information content (AvgIpc) is 4.39. The highest BCUT2D eigenvalue weighted by Crippen LogP contribution is 2.21. The minimum Gasteiger partial charge on any atom is -0.475 e. The summed E-state index contributed by atoms with van der Waals surface area (Å²) < 4.78 is 31.7. The molecule has 85 heavy (non-hydrogen) atoms. The Kier molecular flexibility index (Phi) is 25.2. The molecule has 3 aromatic carbocycles. The van der Waals surface area contributed by atoms with Crippen molar-refractivity contribution in [2.75, 3.05) is 13.1 Å². The number of fused-ring (bicyclic) bond motifs is 2. The van der Waals surface area contributed by atoms with E-state index in [1.807, 2.05) is 67.6 Å². The van der Waals surface area contributed by atoms with Crippen LogP contribution in [0, 0.1) is 0 Å². The zero-order chi connectivity index (χ0) is 62.2. The highest BCUT2D eigenvalue weighted by atomic mass is 19.4. The number of nitrogens with two attached hydrogens (primary N) is 3. The number of carboxylic acids is 1. The van der Waals surface area contributed by atoms with Crippen molar-refractivity contribution in [3.8, 4) is 0 Å². The number of benzene rings is 3. The van der Waals surface area contributed by atoms with Crippen LogP contribution in [-0.2, 0) is 67.2 Å². The lowest BCUT2D eigenvalue weighted by Gasteiger charge is -2.28. The SMILES string of the molecule is CCCC[C@H](NC(C)=O)C(=O)NC1CC(=O)NCCCC[C@@H](C(N)=O)NC(=O)[C@H](Cc2c[nH]c3ccccc23)NC(=O)[C@H](CCCN=C(N)N)NC(=O)[C@@H](Cc2ccc3ccccc3c2)NC(=O)C(Cc2cnc[nH]2)NC1=O.O=C(O)C(F)(F)F. The number of amides is 9. The summed E-state index contributed by atoms with van der Waals surface area (Å²) in [5.74, 6) is -9.88. The predicted octanol–water partition coefficient (Wildman–Crippen LogP) is 0.538. The number of nitrogens with zero attached hydrogens (tertiary/aromatic N) is 2. The molecule has 1 fully saturated rings. The highest BCUT2D eigenvalue weighted by Gasteiger charge is 2.39. The number of rotatable bonds is 17. The van der Waals surface area contributed by atoms with Crippen LogP contribution in [0.2, 0.25) is 0 Å². The van der Waals surface area contributed by atoms with Crippen LogP contribution in [0.3, 0.4) is 0 Å². The first-order valence-corrected chi connectivity index (χ1v) is 27.4. The number of primary amides is 1. The van der Waals surface area contributed by atoms with Gasteiger partial charge in [-0.2, -0.15) is 13.2 Å². The van der Waals surface area contributed by atoms with E-state index < -0.39 is 114 Å². The number of para-hydroxylation sites is 1. The molecule has 3 heterocycles. The maximum absolute atomic E-state index is 15.0. The number of guanidine groups is 1. The maximum atomic E-state index is 15.0. The van der Waals surface area contributed by atoms with Crippen molar-refractivity contribution in [2.45, 2.75) is 139 Å². The fourth-order valence-electron chi connectivity index (χ4n) is 9.15. The van der Waals surface area contributed by atoms with Gasteiger partial charge in [0.05, 0.1) is 12.7 Å². The van der Waals surface area contributed by atoms with Crippen LogP contribution >= 0.6 is 0 Å². The van der Waals surface area contributed by atoms with Gasteiger partial charge in [-0.1, -0.05) is 80.4 Å². The lowest BCUT2D eigenvalue weighted by Crippen LogP contribution is -2.61. The van der Waals surface area contributed by atoms with E-state index in [1.165, 1.54) is 19.4 Å². The Labute approximate surface area is 486 Å². The van der Waals surface area contributed by atoms with E-state index in [0.29, 0.717) is 29.7 Å². The number of hydrogen-bond donors (Lipinski definition) is 14. The van der Waals surface area contributed by atoms with Crippen LogP contribution in [0.4, 0.5) is 13.2 Å². The topological polar surface area (TPSA) is 422 Å². The number of H-pyrrole nitrogens is 2. The van der Waals surface area contributed by atoms with Crippen molar-refractivity contribution >= 4 is 86.8 Å². The molecule has 0 bridgehead atoms. The third-order valence-corrected chi connectivity index (χ3v) is 13.5. The number of unbranched alkanes of at least 4 members (excludes halogenated alkanes) is 1. The van der Waals surface area contributed by atoms with Gasteiger partial charge in [0.1, 0.15) is 42.3 Å². The van der Waals surface area contributed by atoms with E-state index >= 15 is 0 Å². The predicted molar refractivity (Wildman–Crippen MR) is 305 cm³/mol. The first-order chi connectivity index (χ1) is 40.4. The maximum Gasteiger partial charge on any atom is 0.490 e. The molecule has 1 aliphatic rings. The number of halogens is 3. The van der Waals surface area contributed by atoms with Crippen LogP contribution in [-0.4, -0.2) is 147 Å². The summed E-state index contributed by atoms with van der Waals surface area (Å²) in [5.41, 5.74) is 19.5. The third kappa shape index (κ3) is 21.6. The Hall–Kier alpha value is -9.57. The van der Waals surface area contributed by atoms with Crippen LogP contribution in [0.1, 0.15) is 88.5 Å². The Balaban J connectivity index is 0.00000177. The van der Waals surface area contributed by atoms with Gasteiger partial charge in [-0.25, -0.2) is 9.78 Å². The minimum absolute atomic E-state index is 0.0366. The van der Waals surface area contributed by atoms with Crippen molar-refractivity contribution in [1.82, 2.24) is 57.5 Å². The second-order valence-corrected chi connectivity index (χ2v) is 20.2. The van der Waals surface area contributed by atoms with Crippen LogP contribution in [0.25, 0.3) is 21.7 Å². The molecule has 0 saturated carbocycles. The number of nitrogens with one attached hydrogen (secondary N) is 10. The van der Waals surface area contributed by atoms with Gasteiger partial charge in [0.2, 0.25) is 53.2 Å². The van der Waals surface area contributed by atoms with Gasteiger partial charge in [0.25, 0.3) is 0 Å². The summed E-state index contributed by atoms with van der Waals surface area (Å²) in [5, 5.41) is 31.4. The van der Waals surface area contributed by atoms with Crippen molar-refractivity contribution in [3.05, 3.63) is 102 Å². The molecule has 0 spiro atoms. The van der Waals surface area contributed by atoms with Crippen molar-refractivity contribution in [2.24, 2.45) is 22.2 Å². The average molecular weight is 1190 g/mol. The first kappa shape index (κ1) is 66.2. The van der Waals surface area contributed by atoms with E-state index in [9.17, 15) is 56.3 Å². The number of carbonyl (C=O) groups excluding carboxylic acids is 9. The normalized spacial score (nSPS) is 20.1. The zero-order valence-corrected chi connectivity index (χ0v) is 46.8. The van der Waals surface area contributed by atoms with Crippen molar-refractivity contribution in [3.63, 3.8) is 0 Å². The number of imidazole rings is 1. The molecule has 26 nitrogen and oxygen atoms in total. The summed E-state index contributed by atoms with van der Waals surface area (Å²) in [6, 6.07) is 10.9. The van der Waals surface area contributed by atoms with E-state index in [4.69, 9.17) is 27.1 Å². The van der Waals surface area contributed by atoms with E-state index in [1.54, 1.807) is 12.3 Å². The fourth-order valence-corrected chi connectivity index (χ4v) is 9.15. The Bertz CT molecular complexity index is 3170. The standard InChI is InChI=1S/C54H71N15O9.C2HF3O2/c1-3-4-15-40(63-31(2)70)48(73)69-45-27-46(71)59-21-10-9-17-39(47(55)72)64-51(76)43(25-35-28-61-38-16-8-7-14-37(35)38)67-49(74)41(18-11-22-60-54(56)57)65-50(75)42(24-32-19-20-33-12-5-6-13-34(33)23-32)66-52(77)44(68-53(45)78)26-36-29-58-30-62-36;3-2(4,5)1(6)7/h5-8,12-14,16,19-20,23,28-30,39-45,61H,3-4,9-11,15,17-18,21-22,24-27H2,1-2H3,(H2,55,72)(H,58,62)(H,59,71)(H,63,70)(H,64,76)(H,65,75)(H,66,77)(H,67,74)(H,68,78)(H,69,73)(H4,56,57,60);(H,6,7)/t39-,40-,41-,42+,43-,44?,45?;/m0./s1. The molecule has 458 valence electrons. The van der Waals surface area contributed by atoms with E-state index in [2.05, 4.69) is 62.5 Å². The lowest BCUT2D eigenvalue weighted by molar-refractivity contribution is -0.192. The third-order valence-electron chi connectivity index (χ3n) is 13.5. The molecule has 6 rings (SSSR count). The van der Waals surface area contributed by atoms with Gasteiger partial charge in [0.15, 0.2) is 5.96 Å². The lowest BCUT2D eigenvalue weighted by atomic mass is 9.99. The molecule has 2 unspecified atom stereocenters. The first-order valence-electron chi connectivity index (χ1n) is 27.4. The van der Waals surface area contributed by atoms with Crippen LogP contribution in [0.15, 0.2) is 90.4 Å². The number of aliphatic imine (C=N–C) groups is 1. The van der Waals surface area contributed by atoms with E-state index in [-0.39, 0.29) is 76.8 Å². The number of alkyl halides is 3. The second kappa shape index (κ2) is 32.3. The van der Waals surface area contributed by atoms with Gasteiger partial charge < -0.3 is 74.8 Å². The minimum atomic E-state index is -5.08. The largest absolute Gasteiger partial charge is 0.490 e. The number of hydrogen-bond acceptors (Lipinski definition) is 12. The van der Waals surface area contributed by atoms with E-state index in [0.717, 1.165) is 21.7 Å². The molecule has 29 heteroatoms. The Morgan fingerprint density at radius 3 is 2.04 bits per heavy atom. The molecular weight excluding hydrogens is 1120 g/mol. The smallest absolute Gasteiger partial charge is 0.475 e. The van der Waals surface area contributed by atoms with Gasteiger partial charge in [0, 0.05) is 68.3 Å². The number of aromatic amines is 2. The molecule has 1 aliphatic heterocycles. The molecule has 9 amide bonds. The van der Waals surface area contributed by atoms with Crippen LogP contribution in [0.5, 0.6) is 0 Å². The fraction of sp³-hybridized carbons (Fsp3) is 0.429. The molecule has 7 atom stereocenters. The highest BCUT2D eigenvalue weighted by molar-refractivity contribution is 5.99. The van der Waals surface area contributed by atoms with Crippen molar-refractivity contribution < 1.29 is 66.2 Å². The summed E-state index contributed by atoms with van der Waals surface area (Å²) in [6.45, 7) is 3.25. The summed E-state index contributed by atoms with van der Waals surface area (Å²) in [6.07, 6.45) is 0.568. The molecule has 1 saturated heterocycles. The Morgan fingerprint density at radius 1 is 0.765 bits per heavy atom. The number of aliphatic carboxylic acids is 1. The number of carboxylic acid groups (broad SMARTS) is 1. The quantitative estimate of drug-likeness (QED) is 0.0344.